The maximum absolute atomic E-state index is 13.1. The van der Waals surface area contributed by atoms with Crippen LogP contribution in [0.3, 0.4) is 0 Å². The van der Waals surface area contributed by atoms with Crippen molar-refractivity contribution in [2.75, 3.05) is 11.5 Å². The molecule has 1 saturated heterocycles. The number of hydrogen-bond donors (Lipinski definition) is 1. The van der Waals surface area contributed by atoms with Gasteiger partial charge in [0.05, 0.1) is 12.3 Å². The summed E-state index contributed by atoms with van der Waals surface area (Å²) in [6.07, 6.45) is 3.39. The molecule has 0 unspecified atom stereocenters. The molecule has 0 radical (unpaired) electrons. The van der Waals surface area contributed by atoms with E-state index in [0.717, 1.165) is 23.3 Å². The van der Waals surface area contributed by atoms with Crippen molar-refractivity contribution in [2.24, 2.45) is 0 Å². The van der Waals surface area contributed by atoms with E-state index in [0.29, 0.717) is 41.0 Å². The number of carbonyl (C=O) groups is 3. The minimum atomic E-state index is -0.801. The maximum atomic E-state index is 13.1. The molecule has 0 atom stereocenters. The fourth-order valence-corrected chi connectivity index (χ4v) is 3.71. The van der Waals surface area contributed by atoms with Gasteiger partial charge >= 0.3 is 6.03 Å². The number of imide groups is 2. The van der Waals surface area contributed by atoms with E-state index in [4.69, 9.17) is 21.1 Å². The van der Waals surface area contributed by atoms with Gasteiger partial charge in [-0.3, -0.25) is 14.9 Å². The number of urea groups is 1. The molecule has 1 aliphatic rings. The zero-order chi connectivity index (χ0) is 25.5. The molecule has 0 aliphatic carbocycles. The number of hydrogen-bond acceptors (Lipinski definition) is 5. The SMILES string of the molecule is CCCCOc1ccc(N2C(=O)NC(=O)/C(=C/c3ccc(OCc4ccccc4Cl)cc3)C2=O)cc1. The number of benzene rings is 3. The highest BCUT2D eigenvalue weighted by Gasteiger charge is 2.36. The van der Waals surface area contributed by atoms with Gasteiger partial charge in [0, 0.05) is 10.6 Å². The highest BCUT2D eigenvalue weighted by Crippen LogP contribution is 2.25. The molecule has 0 aromatic heterocycles. The molecule has 4 amide bonds. The van der Waals surface area contributed by atoms with E-state index in [1.807, 2.05) is 18.2 Å². The van der Waals surface area contributed by atoms with Crippen molar-refractivity contribution >= 4 is 41.2 Å². The van der Waals surface area contributed by atoms with Crippen LogP contribution >= 0.6 is 11.6 Å². The third-order valence-corrected chi connectivity index (χ3v) is 5.88. The van der Waals surface area contributed by atoms with E-state index in [1.165, 1.54) is 6.08 Å². The summed E-state index contributed by atoms with van der Waals surface area (Å²) in [5, 5.41) is 2.85. The quantitative estimate of drug-likeness (QED) is 0.227. The summed E-state index contributed by atoms with van der Waals surface area (Å²) in [5.74, 6) is -0.211. The second kappa shape index (κ2) is 11.6. The van der Waals surface area contributed by atoms with Gasteiger partial charge in [-0.05, 0) is 60.5 Å². The number of amides is 4. The number of halogens is 1. The molecule has 0 bridgehead atoms. The van der Waals surface area contributed by atoms with Crippen molar-refractivity contribution in [1.82, 2.24) is 5.32 Å². The van der Waals surface area contributed by atoms with Gasteiger partial charge in [-0.25, -0.2) is 9.69 Å². The van der Waals surface area contributed by atoms with E-state index in [-0.39, 0.29) is 5.57 Å². The lowest BCUT2D eigenvalue weighted by Gasteiger charge is -2.26. The standard InChI is InChI=1S/C28H25ClN2O5/c1-2-3-16-35-22-14-10-21(11-15-22)31-27(33)24(26(32)30-28(31)34)17-19-8-12-23(13-9-19)36-18-20-6-4-5-7-25(20)29/h4-15,17H,2-3,16,18H2,1H3,(H,30,32,34)/b24-17-. The number of anilines is 1. The molecule has 1 aliphatic heterocycles. The smallest absolute Gasteiger partial charge is 0.335 e. The number of rotatable bonds is 9. The molecular weight excluding hydrogens is 480 g/mol. The molecule has 4 rings (SSSR count). The molecule has 36 heavy (non-hydrogen) atoms. The summed E-state index contributed by atoms with van der Waals surface area (Å²) < 4.78 is 11.4. The van der Waals surface area contributed by atoms with E-state index in [1.54, 1.807) is 54.6 Å². The second-order valence-corrected chi connectivity index (χ2v) is 8.51. The Kier molecular flexibility index (Phi) is 8.02. The van der Waals surface area contributed by atoms with Crippen molar-refractivity contribution in [3.05, 3.63) is 94.5 Å². The van der Waals surface area contributed by atoms with E-state index in [9.17, 15) is 14.4 Å². The molecule has 3 aromatic rings. The topological polar surface area (TPSA) is 84.9 Å². The number of ether oxygens (including phenoxy) is 2. The fourth-order valence-electron chi connectivity index (χ4n) is 3.52. The predicted molar refractivity (Wildman–Crippen MR) is 138 cm³/mol. The molecule has 7 nitrogen and oxygen atoms in total. The average molecular weight is 505 g/mol. The first-order valence-corrected chi connectivity index (χ1v) is 11.9. The van der Waals surface area contributed by atoms with Gasteiger partial charge in [-0.1, -0.05) is 55.3 Å². The van der Waals surface area contributed by atoms with Crippen LogP contribution in [0.4, 0.5) is 10.5 Å². The molecule has 184 valence electrons. The van der Waals surface area contributed by atoms with Crippen LogP contribution in [0.2, 0.25) is 5.02 Å². The molecule has 1 fully saturated rings. The Morgan fingerprint density at radius 1 is 0.889 bits per heavy atom. The van der Waals surface area contributed by atoms with Crippen LogP contribution in [0.5, 0.6) is 11.5 Å². The van der Waals surface area contributed by atoms with Crippen LogP contribution in [0.15, 0.2) is 78.4 Å². The zero-order valence-corrected chi connectivity index (χ0v) is 20.5. The fraction of sp³-hybridized carbons (Fsp3) is 0.179. The predicted octanol–water partition coefficient (Wildman–Crippen LogP) is 5.76. The van der Waals surface area contributed by atoms with Gasteiger partial charge in [-0.2, -0.15) is 0 Å². The Hall–Kier alpha value is -4.10. The first-order valence-electron chi connectivity index (χ1n) is 11.6. The van der Waals surface area contributed by atoms with E-state index in [2.05, 4.69) is 12.2 Å². The molecule has 1 N–H and O–H groups in total. The normalized spacial score (nSPS) is 14.7. The number of nitrogens with zero attached hydrogens (tertiary/aromatic N) is 1. The van der Waals surface area contributed by atoms with Gasteiger partial charge in [-0.15, -0.1) is 0 Å². The third kappa shape index (κ3) is 5.93. The summed E-state index contributed by atoms with van der Waals surface area (Å²) in [6.45, 7) is 2.97. The van der Waals surface area contributed by atoms with Crippen molar-refractivity contribution in [2.45, 2.75) is 26.4 Å². The van der Waals surface area contributed by atoms with Gasteiger partial charge in [0.25, 0.3) is 11.8 Å². The van der Waals surface area contributed by atoms with Gasteiger partial charge < -0.3 is 9.47 Å². The molecular formula is C28H25ClN2O5. The van der Waals surface area contributed by atoms with Gasteiger partial charge in [0.1, 0.15) is 23.7 Å². The first-order chi connectivity index (χ1) is 17.5. The summed E-state index contributed by atoms with van der Waals surface area (Å²) in [4.78, 5) is 39.0. The van der Waals surface area contributed by atoms with Crippen molar-refractivity contribution in [1.29, 1.82) is 0 Å². The van der Waals surface area contributed by atoms with Crippen LogP contribution in [0, 0.1) is 0 Å². The summed E-state index contributed by atoms with van der Waals surface area (Å²) in [6, 6.07) is 20.1. The molecule has 1 heterocycles. The molecule has 0 saturated carbocycles. The van der Waals surface area contributed by atoms with Gasteiger partial charge in [0.15, 0.2) is 0 Å². The number of carbonyl (C=O) groups excluding carboxylic acids is 3. The molecule has 0 spiro atoms. The lowest BCUT2D eigenvalue weighted by Crippen LogP contribution is -2.54. The van der Waals surface area contributed by atoms with Crippen molar-refractivity contribution in [3.8, 4) is 11.5 Å². The van der Waals surface area contributed by atoms with Crippen LogP contribution in [0.1, 0.15) is 30.9 Å². The van der Waals surface area contributed by atoms with Crippen molar-refractivity contribution < 1.29 is 23.9 Å². The monoisotopic (exact) mass is 504 g/mol. The average Bonchev–Trinajstić information content (AvgIpc) is 2.88. The third-order valence-electron chi connectivity index (χ3n) is 5.51. The van der Waals surface area contributed by atoms with E-state index >= 15 is 0 Å². The summed E-state index contributed by atoms with van der Waals surface area (Å²) in [7, 11) is 0. The zero-order valence-electron chi connectivity index (χ0n) is 19.7. The van der Waals surface area contributed by atoms with E-state index < -0.39 is 17.8 Å². The number of nitrogens with one attached hydrogen (secondary N) is 1. The first kappa shape index (κ1) is 25.0. The Bertz CT molecular complexity index is 1290. The highest BCUT2D eigenvalue weighted by molar-refractivity contribution is 6.39. The Balaban J connectivity index is 1.47. The minimum Gasteiger partial charge on any atom is -0.494 e. The molecule has 8 heteroatoms. The van der Waals surface area contributed by atoms with Crippen LogP contribution in [0.25, 0.3) is 6.08 Å². The number of unbranched alkanes of at least 4 members (excludes halogenated alkanes) is 1. The lowest BCUT2D eigenvalue weighted by atomic mass is 10.1. The number of barbiturate groups is 1. The van der Waals surface area contributed by atoms with Crippen LogP contribution in [-0.4, -0.2) is 24.5 Å². The summed E-state index contributed by atoms with van der Waals surface area (Å²) in [5.41, 5.74) is 1.65. The van der Waals surface area contributed by atoms with Crippen LogP contribution in [-0.2, 0) is 16.2 Å². The maximum Gasteiger partial charge on any atom is 0.335 e. The van der Waals surface area contributed by atoms with Crippen LogP contribution < -0.4 is 19.7 Å². The lowest BCUT2D eigenvalue weighted by molar-refractivity contribution is -0.122. The summed E-state index contributed by atoms with van der Waals surface area (Å²) >= 11 is 6.16. The van der Waals surface area contributed by atoms with Crippen molar-refractivity contribution in [3.63, 3.8) is 0 Å². The Morgan fingerprint density at radius 2 is 1.56 bits per heavy atom. The van der Waals surface area contributed by atoms with Gasteiger partial charge in [0.2, 0.25) is 0 Å². The second-order valence-electron chi connectivity index (χ2n) is 8.10. The Morgan fingerprint density at radius 3 is 2.25 bits per heavy atom. The largest absolute Gasteiger partial charge is 0.494 e. The Labute approximate surface area is 214 Å². The highest BCUT2D eigenvalue weighted by atomic mass is 35.5. The minimum absolute atomic E-state index is 0.150. The molecule has 3 aromatic carbocycles.